The number of nitrogens with zero attached hydrogens (tertiary/aromatic N) is 2. The molecule has 1 aliphatic rings. The van der Waals surface area contributed by atoms with Gasteiger partial charge >= 0.3 is 0 Å². The van der Waals surface area contributed by atoms with Crippen molar-refractivity contribution in [3.8, 4) is 6.07 Å². The Bertz CT molecular complexity index is 371. The molecule has 3 heteroatoms. The molecule has 0 aliphatic carbocycles. The van der Waals surface area contributed by atoms with Gasteiger partial charge in [-0.15, -0.1) is 0 Å². The highest BCUT2D eigenvalue weighted by molar-refractivity contribution is 5.49. The number of benzene rings is 1. The fourth-order valence-electron chi connectivity index (χ4n) is 1.97. The van der Waals surface area contributed by atoms with Gasteiger partial charge in [-0.3, -0.25) is 0 Å². The SMILES string of the molecule is CC(C#N)c1ccc(N2CCNCC2)cc1. The highest BCUT2D eigenvalue weighted by atomic mass is 15.2. The Morgan fingerprint density at radius 3 is 2.44 bits per heavy atom. The summed E-state index contributed by atoms with van der Waals surface area (Å²) in [6.45, 7) is 6.16. The van der Waals surface area contributed by atoms with Gasteiger partial charge in [-0.2, -0.15) is 5.26 Å². The maximum Gasteiger partial charge on any atom is 0.0700 e. The summed E-state index contributed by atoms with van der Waals surface area (Å²) in [5.74, 6) is -0.0166. The lowest BCUT2D eigenvalue weighted by Gasteiger charge is -2.29. The monoisotopic (exact) mass is 215 g/mol. The average Bonchev–Trinajstić information content (AvgIpc) is 2.39. The number of hydrogen-bond acceptors (Lipinski definition) is 3. The molecule has 1 N–H and O–H groups in total. The van der Waals surface area contributed by atoms with Crippen LogP contribution in [0.1, 0.15) is 18.4 Å². The fourth-order valence-corrected chi connectivity index (χ4v) is 1.97. The van der Waals surface area contributed by atoms with Gasteiger partial charge in [0, 0.05) is 31.9 Å². The van der Waals surface area contributed by atoms with E-state index in [1.807, 2.05) is 6.92 Å². The zero-order valence-corrected chi connectivity index (χ0v) is 9.61. The number of rotatable bonds is 2. The van der Waals surface area contributed by atoms with E-state index < -0.39 is 0 Å². The number of nitrogens with one attached hydrogen (secondary N) is 1. The first-order valence-corrected chi connectivity index (χ1v) is 5.76. The Balaban J connectivity index is 2.09. The number of nitriles is 1. The first-order chi connectivity index (χ1) is 7.81. The van der Waals surface area contributed by atoms with Crippen molar-refractivity contribution in [2.75, 3.05) is 31.1 Å². The first-order valence-electron chi connectivity index (χ1n) is 5.76. The zero-order valence-electron chi connectivity index (χ0n) is 9.61. The minimum atomic E-state index is -0.0166. The van der Waals surface area contributed by atoms with Gasteiger partial charge in [-0.1, -0.05) is 12.1 Å². The van der Waals surface area contributed by atoms with Crippen LogP contribution in [0.15, 0.2) is 24.3 Å². The highest BCUT2D eigenvalue weighted by Crippen LogP contribution is 2.20. The molecule has 0 aromatic heterocycles. The van der Waals surface area contributed by atoms with Crippen LogP contribution in [-0.4, -0.2) is 26.2 Å². The molecular weight excluding hydrogens is 198 g/mol. The second-order valence-corrected chi connectivity index (χ2v) is 4.18. The van der Waals surface area contributed by atoms with Crippen LogP contribution in [0.2, 0.25) is 0 Å². The summed E-state index contributed by atoms with van der Waals surface area (Å²) in [5.41, 5.74) is 2.36. The summed E-state index contributed by atoms with van der Waals surface area (Å²) in [4.78, 5) is 2.37. The zero-order chi connectivity index (χ0) is 11.4. The van der Waals surface area contributed by atoms with Crippen molar-refractivity contribution in [2.24, 2.45) is 0 Å². The smallest absolute Gasteiger partial charge is 0.0700 e. The molecule has 1 atom stereocenters. The van der Waals surface area contributed by atoms with E-state index in [1.54, 1.807) is 0 Å². The lowest BCUT2D eigenvalue weighted by Crippen LogP contribution is -2.43. The minimum Gasteiger partial charge on any atom is -0.369 e. The highest BCUT2D eigenvalue weighted by Gasteiger charge is 2.10. The summed E-state index contributed by atoms with van der Waals surface area (Å²) in [7, 11) is 0. The van der Waals surface area contributed by atoms with E-state index in [-0.39, 0.29) is 5.92 Å². The van der Waals surface area contributed by atoms with Gasteiger partial charge in [0.25, 0.3) is 0 Å². The maximum atomic E-state index is 8.84. The fraction of sp³-hybridized carbons (Fsp3) is 0.462. The molecule has 2 rings (SSSR count). The predicted molar refractivity (Wildman–Crippen MR) is 65.6 cm³/mol. The van der Waals surface area contributed by atoms with Crippen molar-refractivity contribution in [1.82, 2.24) is 5.32 Å². The molecule has 1 aromatic carbocycles. The first kappa shape index (κ1) is 11.0. The summed E-state index contributed by atoms with van der Waals surface area (Å²) in [6.07, 6.45) is 0. The van der Waals surface area contributed by atoms with Crippen molar-refractivity contribution in [1.29, 1.82) is 5.26 Å². The van der Waals surface area contributed by atoms with E-state index >= 15 is 0 Å². The van der Waals surface area contributed by atoms with E-state index in [9.17, 15) is 0 Å². The Labute approximate surface area is 96.7 Å². The van der Waals surface area contributed by atoms with Gasteiger partial charge in [-0.05, 0) is 24.6 Å². The summed E-state index contributed by atoms with van der Waals surface area (Å²) in [6, 6.07) is 10.6. The summed E-state index contributed by atoms with van der Waals surface area (Å²) in [5, 5.41) is 12.2. The Hall–Kier alpha value is -1.53. The van der Waals surface area contributed by atoms with E-state index in [4.69, 9.17) is 5.26 Å². The van der Waals surface area contributed by atoms with Crippen molar-refractivity contribution in [2.45, 2.75) is 12.8 Å². The van der Waals surface area contributed by atoms with Gasteiger partial charge < -0.3 is 10.2 Å². The Kier molecular flexibility index (Phi) is 3.43. The Morgan fingerprint density at radius 1 is 1.25 bits per heavy atom. The molecule has 0 saturated carbocycles. The molecule has 1 fully saturated rings. The second-order valence-electron chi connectivity index (χ2n) is 4.18. The topological polar surface area (TPSA) is 39.1 Å². The summed E-state index contributed by atoms with van der Waals surface area (Å²) >= 11 is 0. The largest absolute Gasteiger partial charge is 0.369 e. The molecule has 16 heavy (non-hydrogen) atoms. The third-order valence-corrected chi connectivity index (χ3v) is 3.07. The number of piperazine rings is 1. The van der Waals surface area contributed by atoms with Crippen LogP contribution < -0.4 is 10.2 Å². The molecule has 1 aliphatic heterocycles. The van der Waals surface area contributed by atoms with Gasteiger partial charge in [0.1, 0.15) is 0 Å². The predicted octanol–water partition coefficient (Wildman–Crippen LogP) is 1.72. The molecule has 84 valence electrons. The second kappa shape index (κ2) is 5.00. The van der Waals surface area contributed by atoms with Crippen LogP contribution in [0.4, 0.5) is 5.69 Å². The molecule has 1 heterocycles. The standard InChI is InChI=1S/C13H17N3/c1-11(10-14)12-2-4-13(5-3-12)16-8-6-15-7-9-16/h2-5,11,15H,6-9H2,1H3. The number of hydrogen-bond donors (Lipinski definition) is 1. The average molecular weight is 215 g/mol. The number of anilines is 1. The third kappa shape index (κ3) is 2.34. The molecule has 0 radical (unpaired) electrons. The van der Waals surface area contributed by atoms with Crippen molar-refractivity contribution < 1.29 is 0 Å². The molecule has 1 saturated heterocycles. The molecule has 1 unspecified atom stereocenters. The maximum absolute atomic E-state index is 8.84. The molecule has 1 aromatic rings. The summed E-state index contributed by atoms with van der Waals surface area (Å²) < 4.78 is 0. The lowest BCUT2D eigenvalue weighted by molar-refractivity contribution is 0.589. The van der Waals surface area contributed by atoms with Crippen molar-refractivity contribution in [3.05, 3.63) is 29.8 Å². The molecular formula is C13H17N3. The van der Waals surface area contributed by atoms with Crippen LogP contribution in [0.3, 0.4) is 0 Å². The van der Waals surface area contributed by atoms with Gasteiger partial charge in [-0.25, -0.2) is 0 Å². The van der Waals surface area contributed by atoms with E-state index in [2.05, 4.69) is 40.6 Å². The lowest BCUT2D eigenvalue weighted by atomic mass is 10.0. The normalized spacial score (nSPS) is 17.9. The molecule has 3 nitrogen and oxygen atoms in total. The quantitative estimate of drug-likeness (QED) is 0.816. The third-order valence-electron chi connectivity index (χ3n) is 3.07. The van der Waals surface area contributed by atoms with Gasteiger partial charge in [0.2, 0.25) is 0 Å². The van der Waals surface area contributed by atoms with Crippen LogP contribution >= 0.6 is 0 Å². The molecule has 0 amide bonds. The molecule has 0 spiro atoms. The van der Waals surface area contributed by atoms with Crippen LogP contribution in [0.25, 0.3) is 0 Å². The minimum absolute atomic E-state index is 0.0166. The van der Waals surface area contributed by atoms with E-state index in [0.717, 1.165) is 31.7 Å². The van der Waals surface area contributed by atoms with Crippen LogP contribution in [-0.2, 0) is 0 Å². The molecule has 0 bridgehead atoms. The van der Waals surface area contributed by atoms with Gasteiger partial charge in [0.15, 0.2) is 0 Å². The van der Waals surface area contributed by atoms with Crippen molar-refractivity contribution >= 4 is 5.69 Å². The van der Waals surface area contributed by atoms with Crippen molar-refractivity contribution in [3.63, 3.8) is 0 Å². The van der Waals surface area contributed by atoms with Gasteiger partial charge in [0.05, 0.1) is 12.0 Å². The van der Waals surface area contributed by atoms with Crippen LogP contribution in [0, 0.1) is 11.3 Å². The van der Waals surface area contributed by atoms with E-state index in [0.29, 0.717) is 0 Å². The Morgan fingerprint density at radius 2 is 1.88 bits per heavy atom. The van der Waals surface area contributed by atoms with E-state index in [1.165, 1.54) is 5.69 Å². The van der Waals surface area contributed by atoms with Crippen LogP contribution in [0.5, 0.6) is 0 Å².